The average molecular weight is 195 g/mol. The van der Waals surface area contributed by atoms with E-state index < -0.39 is 5.97 Å². The summed E-state index contributed by atoms with van der Waals surface area (Å²) in [6.45, 7) is 0. The van der Waals surface area contributed by atoms with Gasteiger partial charge in [-0.15, -0.1) is 5.10 Å². The minimum Gasteiger partial charge on any atom is -0.478 e. The Morgan fingerprint density at radius 2 is 2.45 bits per heavy atom. The predicted molar refractivity (Wildman–Crippen MR) is 41.3 cm³/mol. The molecule has 0 unspecified atom stereocenters. The molecule has 0 saturated heterocycles. The molecule has 0 amide bonds. The van der Waals surface area contributed by atoms with Crippen molar-refractivity contribution < 1.29 is 9.90 Å². The van der Waals surface area contributed by atoms with Crippen LogP contribution in [0.1, 0.15) is 6.42 Å². The van der Waals surface area contributed by atoms with Gasteiger partial charge < -0.3 is 5.11 Å². The van der Waals surface area contributed by atoms with E-state index in [2.05, 4.69) is 5.10 Å². The Labute approximate surface area is 72.8 Å². The molecule has 1 N–H and O–H groups in total. The minimum absolute atomic E-state index is 0.125. The predicted octanol–water partition coefficient (Wildman–Crippen LogP) is 1.37. The van der Waals surface area contributed by atoms with Gasteiger partial charge in [0, 0.05) is 18.2 Å². The fourth-order valence-corrected chi connectivity index (χ4v) is 1.10. The van der Waals surface area contributed by atoms with E-state index in [0.717, 1.165) is 4.53 Å². The quantitative estimate of drug-likeness (QED) is 0.642. The van der Waals surface area contributed by atoms with Crippen molar-refractivity contribution in [3.63, 3.8) is 0 Å². The summed E-state index contributed by atoms with van der Waals surface area (Å²) in [4.78, 5) is 10.4. The van der Waals surface area contributed by atoms with Gasteiger partial charge in [0.15, 0.2) is 0 Å². The molecule has 0 spiro atoms. The van der Waals surface area contributed by atoms with Gasteiger partial charge in [-0.1, -0.05) is 11.6 Å². The normalized spacial score (nSPS) is 17.5. The summed E-state index contributed by atoms with van der Waals surface area (Å²) < 4.78 is 0.856. The molecule has 60 valence electrons. The zero-order chi connectivity index (χ0) is 8.43. The molecule has 6 heteroatoms. The van der Waals surface area contributed by atoms with Crippen LogP contribution in [0.4, 0.5) is 0 Å². The Kier molecular flexibility index (Phi) is 2.36. The smallest absolute Gasteiger partial charge is 0.333 e. The molecule has 0 bridgehead atoms. The van der Waals surface area contributed by atoms with Crippen LogP contribution in [-0.4, -0.2) is 20.8 Å². The summed E-state index contributed by atoms with van der Waals surface area (Å²) in [6.07, 6.45) is 1.33. The number of hydrazone groups is 1. The lowest BCUT2D eigenvalue weighted by Gasteiger charge is -2.11. The van der Waals surface area contributed by atoms with E-state index in [1.54, 1.807) is 0 Å². The van der Waals surface area contributed by atoms with Crippen LogP contribution in [0.3, 0.4) is 0 Å². The van der Waals surface area contributed by atoms with Crippen molar-refractivity contribution in [2.45, 2.75) is 6.42 Å². The lowest BCUT2D eigenvalue weighted by molar-refractivity contribution is -0.132. The van der Waals surface area contributed by atoms with Gasteiger partial charge in [0.25, 0.3) is 0 Å². The molecule has 0 aliphatic carbocycles. The van der Waals surface area contributed by atoms with E-state index in [1.807, 2.05) is 0 Å². The molecule has 1 rings (SSSR count). The number of carboxylic acid groups (broad SMARTS) is 1. The zero-order valence-electron chi connectivity index (χ0n) is 5.29. The average Bonchev–Trinajstić information content (AvgIpc) is 1.85. The van der Waals surface area contributed by atoms with Crippen molar-refractivity contribution in [1.82, 2.24) is 4.53 Å². The maximum absolute atomic E-state index is 10.4. The highest BCUT2D eigenvalue weighted by molar-refractivity contribution is 6.66. The Hall–Kier alpha value is -0.740. The lowest BCUT2D eigenvalue weighted by atomic mass is 10.2. The van der Waals surface area contributed by atoms with Crippen molar-refractivity contribution in [3.8, 4) is 0 Å². The molecule has 1 heterocycles. The maximum atomic E-state index is 10.4. The van der Waals surface area contributed by atoms with Crippen molar-refractivity contribution in [2.24, 2.45) is 5.10 Å². The molecular weight excluding hydrogens is 191 g/mol. The van der Waals surface area contributed by atoms with E-state index in [4.69, 9.17) is 28.5 Å². The first-order valence-electron chi connectivity index (χ1n) is 2.71. The fourth-order valence-electron chi connectivity index (χ4n) is 0.630. The number of aliphatic carboxylic acids is 1. The highest BCUT2D eigenvalue weighted by Gasteiger charge is 2.16. The van der Waals surface area contributed by atoms with E-state index in [1.165, 1.54) is 6.20 Å². The summed E-state index contributed by atoms with van der Waals surface area (Å²) in [5.41, 5.74) is 0.125. The third kappa shape index (κ3) is 2.10. The third-order valence-electron chi connectivity index (χ3n) is 1.08. The topological polar surface area (TPSA) is 52.9 Å². The van der Waals surface area contributed by atoms with Crippen LogP contribution in [0.2, 0.25) is 0 Å². The van der Waals surface area contributed by atoms with Crippen LogP contribution < -0.4 is 0 Å². The highest BCUT2D eigenvalue weighted by Crippen LogP contribution is 2.16. The van der Waals surface area contributed by atoms with Gasteiger partial charge in [-0.3, -0.25) is 0 Å². The highest BCUT2D eigenvalue weighted by atomic mass is 35.5. The summed E-state index contributed by atoms with van der Waals surface area (Å²) in [5, 5.41) is 12.2. The first-order valence-corrected chi connectivity index (χ1v) is 3.43. The molecule has 0 atom stereocenters. The molecule has 1 aliphatic rings. The van der Waals surface area contributed by atoms with Crippen LogP contribution in [0.15, 0.2) is 16.9 Å². The van der Waals surface area contributed by atoms with Crippen LogP contribution in [0, 0.1) is 0 Å². The number of hydrogen-bond acceptors (Lipinski definition) is 3. The lowest BCUT2D eigenvalue weighted by Crippen LogP contribution is -2.13. The SMILES string of the molecule is O=C(O)C1=CN(Cl)N=C(Cl)C1. The van der Waals surface area contributed by atoms with Gasteiger partial charge in [-0.05, 0) is 0 Å². The van der Waals surface area contributed by atoms with Crippen LogP contribution in [0.5, 0.6) is 0 Å². The van der Waals surface area contributed by atoms with E-state index in [0.29, 0.717) is 0 Å². The molecule has 0 saturated carbocycles. The Balaban J connectivity index is 2.79. The second-order valence-electron chi connectivity index (χ2n) is 1.90. The second-order valence-corrected chi connectivity index (χ2v) is 2.68. The van der Waals surface area contributed by atoms with Crippen molar-refractivity contribution in [1.29, 1.82) is 0 Å². The number of carbonyl (C=O) groups is 1. The first-order chi connectivity index (χ1) is 5.09. The van der Waals surface area contributed by atoms with Crippen molar-refractivity contribution in [3.05, 3.63) is 11.8 Å². The Morgan fingerprint density at radius 1 is 1.82 bits per heavy atom. The van der Waals surface area contributed by atoms with Gasteiger partial charge in [0.2, 0.25) is 0 Å². The van der Waals surface area contributed by atoms with Crippen LogP contribution in [0.25, 0.3) is 0 Å². The molecular formula is C5H4Cl2N2O2. The summed E-state index contributed by atoms with van der Waals surface area (Å²) in [6, 6.07) is 0. The van der Waals surface area contributed by atoms with Gasteiger partial charge in [0.05, 0.1) is 11.8 Å². The number of rotatable bonds is 1. The van der Waals surface area contributed by atoms with Crippen molar-refractivity contribution >= 4 is 34.5 Å². The van der Waals surface area contributed by atoms with Gasteiger partial charge >= 0.3 is 5.97 Å². The molecule has 11 heavy (non-hydrogen) atoms. The molecule has 4 nitrogen and oxygen atoms in total. The summed E-state index contributed by atoms with van der Waals surface area (Å²) in [7, 11) is 0. The number of halogens is 2. The molecule has 0 aromatic heterocycles. The van der Waals surface area contributed by atoms with Gasteiger partial charge in [-0.2, -0.15) is 4.53 Å². The first kappa shape index (κ1) is 8.36. The van der Waals surface area contributed by atoms with Gasteiger partial charge in [0.1, 0.15) is 5.17 Å². The zero-order valence-corrected chi connectivity index (χ0v) is 6.80. The molecule has 0 fully saturated rings. The van der Waals surface area contributed by atoms with E-state index in [-0.39, 0.29) is 17.2 Å². The number of nitrogens with zero attached hydrogens (tertiary/aromatic N) is 2. The maximum Gasteiger partial charge on any atom is 0.333 e. The van der Waals surface area contributed by atoms with Crippen LogP contribution in [-0.2, 0) is 4.79 Å². The molecule has 1 aliphatic heterocycles. The second kappa shape index (κ2) is 3.11. The van der Waals surface area contributed by atoms with E-state index in [9.17, 15) is 4.79 Å². The standard InChI is InChI=1S/C5H4Cl2N2O2/c6-4-1-3(5(10)11)2-9(7)8-4/h2H,1H2,(H,10,11). The van der Waals surface area contributed by atoms with E-state index >= 15 is 0 Å². The fraction of sp³-hybridized carbons (Fsp3) is 0.200. The van der Waals surface area contributed by atoms with Crippen molar-refractivity contribution in [2.75, 3.05) is 0 Å². The van der Waals surface area contributed by atoms with Crippen LogP contribution >= 0.6 is 23.4 Å². The number of hydrogen-bond donors (Lipinski definition) is 1. The molecule has 0 aromatic rings. The third-order valence-corrected chi connectivity index (χ3v) is 1.46. The molecule has 0 aromatic carbocycles. The Bertz CT molecular complexity index is 249. The Morgan fingerprint density at radius 3 is 2.91 bits per heavy atom. The largest absolute Gasteiger partial charge is 0.478 e. The van der Waals surface area contributed by atoms with Gasteiger partial charge in [-0.25, -0.2) is 4.79 Å². The molecule has 0 radical (unpaired) electrons. The summed E-state index contributed by atoms with van der Waals surface area (Å²) >= 11 is 10.8. The monoisotopic (exact) mass is 194 g/mol. The minimum atomic E-state index is -1.04. The summed E-state index contributed by atoms with van der Waals surface area (Å²) in [5.74, 6) is -1.04. The number of carboxylic acids is 1.